The van der Waals surface area contributed by atoms with Gasteiger partial charge in [0.1, 0.15) is 0 Å². The number of hydrogen-bond donors (Lipinski definition) is 1. The molecule has 18 heavy (non-hydrogen) atoms. The summed E-state index contributed by atoms with van der Waals surface area (Å²) in [7, 11) is 4.96. The molecule has 1 aromatic rings. The summed E-state index contributed by atoms with van der Waals surface area (Å²) in [6, 6.07) is 5.27. The quantitative estimate of drug-likeness (QED) is 0.867. The van der Waals surface area contributed by atoms with Crippen molar-refractivity contribution < 1.29 is 14.3 Å². The number of carbonyl (C=O) groups excluding carboxylic acids is 1. The van der Waals surface area contributed by atoms with E-state index in [9.17, 15) is 4.79 Å². The third-order valence-corrected chi connectivity index (χ3v) is 3.40. The first-order chi connectivity index (χ1) is 8.58. The molecule has 0 bridgehead atoms. The van der Waals surface area contributed by atoms with E-state index < -0.39 is 6.04 Å². The highest BCUT2D eigenvalue weighted by molar-refractivity contribution is 5.84. The number of benzene rings is 1. The summed E-state index contributed by atoms with van der Waals surface area (Å²) in [5.41, 5.74) is 6.79. The largest absolute Gasteiger partial charge is 0.493 e. The highest BCUT2D eigenvalue weighted by Gasteiger charge is 2.35. The van der Waals surface area contributed by atoms with Crippen molar-refractivity contribution in [1.29, 1.82) is 0 Å². The van der Waals surface area contributed by atoms with E-state index in [4.69, 9.17) is 15.2 Å². The summed E-state index contributed by atoms with van der Waals surface area (Å²) in [6.07, 6.45) is 0.630. The minimum atomic E-state index is -0.409. The first-order valence-corrected chi connectivity index (χ1v) is 5.82. The second kappa shape index (κ2) is 4.86. The second-order valence-electron chi connectivity index (χ2n) is 4.42. The minimum absolute atomic E-state index is 0.00676. The maximum absolute atomic E-state index is 11.7. The minimum Gasteiger partial charge on any atom is -0.493 e. The van der Waals surface area contributed by atoms with Gasteiger partial charge < -0.3 is 20.1 Å². The van der Waals surface area contributed by atoms with Gasteiger partial charge in [-0.25, -0.2) is 0 Å². The van der Waals surface area contributed by atoms with Crippen LogP contribution in [0.4, 0.5) is 0 Å². The number of likely N-dealkylation sites (N-methyl/N-ethyl adjacent to an activating group) is 1. The molecule has 0 aliphatic carbocycles. The molecule has 0 spiro atoms. The smallest absolute Gasteiger partial charge is 0.239 e. The van der Waals surface area contributed by atoms with Gasteiger partial charge in [-0.15, -0.1) is 0 Å². The van der Waals surface area contributed by atoms with Gasteiger partial charge in [-0.2, -0.15) is 0 Å². The third kappa shape index (κ3) is 2.01. The number of nitrogens with two attached hydrogens (primary N) is 1. The van der Waals surface area contributed by atoms with Crippen molar-refractivity contribution >= 4 is 5.91 Å². The normalized spacial score (nSPS) is 23.3. The number of ether oxygens (including phenoxy) is 2. The molecule has 2 atom stereocenters. The molecule has 5 nitrogen and oxygen atoms in total. The van der Waals surface area contributed by atoms with E-state index in [1.165, 1.54) is 0 Å². The van der Waals surface area contributed by atoms with Crippen LogP contribution in [0.15, 0.2) is 18.2 Å². The lowest BCUT2D eigenvalue weighted by Crippen LogP contribution is -2.31. The fourth-order valence-electron chi connectivity index (χ4n) is 2.33. The predicted molar refractivity (Wildman–Crippen MR) is 67.6 cm³/mol. The van der Waals surface area contributed by atoms with Crippen LogP contribution in [0.3, 0.4) is 0 Å². The molecule has 1 aliphatic rings. The van der Waals surface area contributed by atoms with E-state index in [0.717, 1.165) is 5.56 Å². The van der Waals surface area contributed by atoms with Crippen LogP contribution in [0.2, 0.25) is 0 Å². The number of hydrogen-bond acceptors (Lipinski definition) is 4. The number of carbonyl (C=O) groups is 1. The topological polar surface area (TPSA) is 64.8 Å². The Bertz CT molecular complexity index is 462. The van der Waals surface area contributed by atoms with E-state index in [-0.39, 0.29) is 11.9 Å². The second-order valence-corrected chi connectivity index (χ2v) is 4.42. The Kier molecular flexibility index (Phi) is 3.43. The van der Waals surface area contributed by atoms with Gasteiger partial charge in [-0.05, 0) is 24.1 Å². The summed E-state index contributed by atoms with van der Waals surface area (Å²) in [5, 5.41) is 0. The monoisotopic (exact) mass is 250 g/mol. The zero-order valence-corrected chi connectivity index (χ0v) is 10.8. The number of amides is 1. The van der Waals surface area contributed by atoms with Crippen molar-refractivity contribution in [3.8, 4) is 11.5 Å². The van der Waals surface area contributed by atoms with E-state index in [2.05, 4.69) is 0 Å². The molecule has 1 saturated heterocycles. The molecule has 1 fully saturated rings. The van der Waals surface area contributed by atoms with Gasteiger partial charge in [0.2, 0.25) is 5.91 Å². The van der Waals surface area contributed by atoms with Gasteiger partial charge in [0.05, 0.1) is 26.3 Å². The van der Waals surface area contributed by atoms with Gasteiger partial charge in [0.25, 0.3) is 0 Å². The molecule has 2 rings (SSSR count). The Balaban J connectivity index is 2.32. The summed E-state index contributed by atoms with van der Waals surface area (Å²) < 4.78 is 10.5. The average molecular weight is 250 g/mol. The van der Waals surface area contributed by atoms with Gasteiger partial charge >= 0.3 is 0 Å². The van der Waals surface area contributed by atoms with Crippen LogP contribution in [0.5, 0.6) is 11.5 Å². The number of nitrogens with zero attached hydrogens (tertiary/aromatic N) is 1. The Morgan fingerprint density at radius 1 is 1.28 bits per heavy atom. The molecule has 0 saturated carbocycles. The zero-order valence-electron chi connectivity index (χ0n) is 10.8. The van der Waals surface area contributed by atoms with Crippen LogP contribution < -0.4 is 15.2 Å². The summed E-state index contributed by atoms with van der Waals surface area (Å²) in [5.74, 6) is 1.32. The third-order valence-electron chi connectivity index (χ3n) is 3.40. The lowest BCUT2D eigenvalue weighted by Gasteiger charge is -2.21. The van der Waals surface area contributed by atoms with Crippen LogP contribution in [0.1, 0.15) is 18.0 Å². The molecule has 0 radical (unpaired) electrons. The SMILES string of the molecule is COc1ccc([C@@H]2C[C@H](N)C(=O)N2C)cc1OC. The zero-order chi connectivity index (χ0) is 13.3. The number of rotatable bonds is 3. The van der Waals surface area contributed by atoms with Crippen LogP contribution in [-0.4, -0.2) is 38.1 Å². The van der Waals surface area contributed by atoms with Crippen LogP contribution in [0, 0.1) is 0 Å². The Morgan fingerprint density at radius 2 is 1.94 bits per heavy atom. The molecule has 1 aliphatic heterocycles. The van der Waals surface area contributed by atoms with Crippen LogP contribution in [0.25, 0.3) is 0 Å². The fraction of sp³-hybridized carbons (Fsp3) is 0.462. The first kappa shape index (κ1) is 12.7. The molecule has 2 N–H and O–H groups in total. The highest BCUT2D eigenvalue weighted by Crippen LogP contribution is 2.36. The lowest BCUT2D eigenvalue weighted by atomic mass is 10.0. The van der Waals surface area contributed by atoms with Crippen molar-refractivity contribution in [2.24, 2.45) is 5.73 Å². The molecule has 1 aromatic carbocycles. The van der Waals surface area contributed by atoms with E-state index in [1.54, 1.807) is 26.2 Å². The maximum atomic E-state index is 11.7. The summed E-state index contributed by atoms with van der Waals surface area (Å²) in [6.45, 7) is 0. The number of likely N-dealkylation sites (tertiary alicyclic amines) is 1. The molecule has 98 valence electrons. The van der Waals surface area contributed by atoms with Crippen molar-refractivity contribution in [3.63, 3.8) is 0 Å². The molecular formula is C13H18N2O3. The van der Waals surface area contributed by atoms with E-state index in [0.29, 0.717) is 17.9 Å². The Morgan fingerprint density at radius 3 is 2.44 bits per heavy atom. The standard InChI is InChI=1S/C13H18N2O3/c1-15-10(7-9(14)13(15)16)8-4-5-11(17-2)12(6-8)18-3/h4-6,9-10H,7,14H2,1-3H3/t9-,10-/m0/s1. The first-order valence-electron chi connectivity index (χ1n) is 5.82. The molecule has 5 heteroatoms. The van der Waals surface area contributed by atoms with Gasteiger partial charge in [-0.1, -0.05) is 6.07 Å². The molecule has 1 heterocycles. The molecule has 0 aromatic heterocycles. The highest BCUT2D eigenvalue weighted by atomic mass is 16.5. The van der Waals surface area contributed by atoms with Crippen LogP contribution in [-0.2, 0) is 4.79 Å². The maximum Gasteiger partial charge on any atom is 0.239 e. The van der Waals surface area contributed by atoms with Crippen molar-refractivity contribution in [1.82, 2.24) is 4.90 Å². The Labute approximate surface area is 106 Å². The van der Waals surface area contributed by atoms with Crippen LogP contribution >= 0.6 is 0 Å². The van der Waals surface area contributed by atoms with Gasteiger partial charge in [0, 0.05) is 7.05 Å². The lowest BCUT2D eigenvalue weighted by molar-refractivity contribution is -0.128. The van der Waals surface area contributed by atoms with Crippen molar-refractivity contribution in [2.45, 2.75) is 18.5 Å². The molecular weight excluding hydrogens is 232 g/mol. The predicted octanol–water partition coefficient (Wildman–Crippen LogP) is 0.934. The molecule has 0 unspecified atom stereocenters. The van der Waals surface area contributed by atoms with Gasteiger partial charge in [0.15, 0.2) is 11.5 Å². The fourth-order valence-corrected chi connectivity index (χ4v) is 2.33. The van der Waals surface area contributed by atoms with E-state index in [1.807, 2.05) is 18.2 Å². The summed E-state index contributed by atoms with van der Waals surface area (Å²) in [4.78, 5) is 13.4. The molecule has 1 amide bonds. The number of methoxy groups -OCH3 is 2. The summed E-state index contributed by atoms with van der Waals surface area (Å²) >= 11 is 0. The average Bonchev–Trinajstić information content (AvgIpc) is 2.65. The van der Waals surface area contributed by atoms with Crippen molar-refractivity contribution in [3.05, 3.63) is 23.8 Å². The van der Waals surface area contributed by atoms with Crippen molar-refractivity contribution in [2.75, 3.05) is 21.3 Å². The van der Waals surface area contributed by atoms with E-state index >= 15 is 0 Å². The Hall–Kier alpha value is -1.75. The van der Waals surface area contributed by atoms with Gasteiger partial charge in [-0.3, -0.25) is 4.79 Å².